The Morgan fingerprint density at radius 3 is 2.81 bits per heavy atom. The highest BCUT2D eigenvalue weighted by Gasteiger charge is 2.03. The lowest BCUT2D eigenvalue weighted by molar-refractivity contribution is 1.06. The fourth-order valence-electron chi connectivity index (χ4n) is 1.12. The number of thioether (sulfide) groups is 1. The molecule has 2 aromatic rings. The number of hydrogen-bond acceptors (Lipinski definition) is 5. The van der Waals surface area contributed by atoms with Gasteiger partial charge in [0.1, 0.15) is 10.2 Å². The molecule has 0 aliphatic rings. The van der Waals surface area contributed by atoms with E-state index >= 15 is 0 Å². The summed E-state index contributed by atoms with van der Waals surface area (Å²) in [5.41, 5.74) is 6.56. The summed E-state index contributed by atoms with van der Waals surface area (Å²) in [6, 6.07) is 5.52. The van der Waals surface area contributed by atoms with Gasteiger partial charge in [0.05, 0.1) is 5.69 Å². The van der Waals surface area contributed by atoms with E-state index in [4.69, 9.17) is 17.3 Å². The largest absolute Gasteiger partial charge is 0.381 e. The van der Waals surface area contributed by atoms with Crippen molar-refractivity contribution in [3.8, 4) is 0 Å². The Morgan fingerprint density at radius 2 is 2.06 bits per heavy atom. The van der Waals surface area contributed by atoms with Crippen LogP contribution in [0, 0.1) is 0 Å². The maximum absolute atomic E-state index is 5.78. The highest BCUT2D eigenvalue weighted by atomic mass is 35.5. The Bertz CT molecular complexity index is 492. The first kappa shape index (κ1) is 11.2. The van der Waals surface area contributed by atoms with Crippen LogP contribution in [0.15, 0.2) is 35.6 Å². The van der Waals surface area contributed by atoms with Gasteiger partial charge in [-0.05, 0) is 12.1 Å². The standard InChI is InChI=1S/C10H9ClN4S/c11-8-3-1-2-7(15-8)6-16-10-9(12)13-4-5-14-10/h1-5H,6H2,(H2,12,13). The molecule has 0 saturated heterocycles. The average molecular weight is 253 g/mol. The summed E-state index contributed by atoms with van der Waals surface area (Å²) in [7, 11) is 0. The molecule has 0 unspecified atom stereocenters. The van der Waals surface area contributed by atoms with Crippen LogP contribution in [0.1, 0.15) is 5.69 Å². The van der Waals surface area contributed by atoms with Gasteiger partial charge in [-0.1, -0.05) is 29.4 Å². The topological polar surface area (TPSA) is 64.7 Å². The summed E-state index contributed by atoms with van der Waals surface area (Å²) >= 11 is 7.27. The van der Waals surface area contributed by atoms with Crippen LogP contribution in [0.5, 0.6) is 0 Å². The van der Waals surface area contributed by atoms with E-state index in [0.717, 1.165) is 5.69 Å². The summed E-state index contributed by atoms with van der Waals surface area (Å²) in [5.74, 6) is 1.11. The van der Waals surface area contributed by atoms with Crippen LogP contribution >= 0.6 is 23.4 Å². The monoisotopic (exact) mass is 252 g/mol. The number of hydrogen-bond donors (Lipinski definition) is 1. The molecule has 0 fully saturated rings. The van der Waals surface area contributed by atoms with Crippen molar-refractivity contribution in [3.05, 3.63) is 41.4 Å². The number of halogens is 1. The van der Waals surface area contributed by atoms with Crippen molar-refractivity contribution in [3.63, 3.8) is 0 Å². The first-order chi connectivity index (χ1) is 7.75. The van der Waals surface area contributed by atoms with Gasteiger partial charge >= 0.3 is 0 Å². The fourth-order valence-corrected chi connectivity index (χ4v) is 2.08. The number of pyridine rings is 1. The van der Waals surface area contributed by atoms with Crippen molar-refractivity contribution >= 4 is 29.2 Å². The lowest BCUT2D eigenvalue weighted by Crippen LogP contribution is -1.95. The molecule has 4 nitrogen and oxygen atoms in total. The van der Waals surface area contributed by atoms with Crippen LogP contribution in [0.25, 0.3) is 0 Å². The molecule has 0 atom stereocenters. The molecule has 0 radical (unpaired) electrons. The second-order valence-corrected chi connectivity index (χ2v) is 4.34. The molecule has 2 N–H and O–H groups in total. The van der Waals surface area contributed by atoms with Gasteiger partial charge in [0.15, 0.2) is 5.82 Å². The molecule has 2 rings (SSSR count). The van der Waals surface area contributed by atoms with Crippen LogP contribution < -0.4 is 5.73 Å². The van der Waals surface area contributed by atoms with Crippen LogP contribution in [0.4, 0.5) is 5.82 Å². The summed E-state index contributed by atoms with van der Waals surface area (Å²) in [6.07, 6.45) is 3.18. The highest BCUT2D eigenvalue weighted by Crippen LogP contribution is 2.23. The lowest BCUT2D eigenvalue weighted by Gasteiger charge is -2.02. The number of anilines is 1. The van der Waals surface area contributed by atoms with Crippen LogP contribution in [0.2, 0.25) is 5.15 Å². The first-order valence-electron chi connectivity index (χ1n) is 4.56. The minimum absolute atomic E-state index is 0.439. The maximum atomic E-state index is 5.78. The minimum Gasteiger partial charge on any atom is -0.381 e. The SMILES string of the molecule is Nc1nccnc1SCc1cccc(Cl)n1. The Labute approximate surface area is 102 Å². The third kappa shape index (κ3) is 2.84. The molecule has 2 heterocycles. The smallest absolute Gasteiger partial charge is 0.156 e. The molecule has 0 saturated carbocycles. The van der Waals surface area contributed by atoms with Gasteiger partial charge in [-0.15, -0.1) is 0 Å². The van der Waals surface area contributed by atoms with Crippen molar-refractivity contribution in [2.75, 3.05) is 5.73 Å². The highest BCUT2D eigenvalue weighted by molar-refractivity contribution is 7.98. The van der Waals surface area contributed by atoms with E-state index in [1.165, 1.54) is 11.8 Å². The van der Waals surface area contributed by atoms with Crippen LogP contribution in [-0.4, -0.2) is 15.0 Å². The third-order valence-corrected chi connectivity index (χ3v) is 3.06. The number of aromatic nitrogens is 3. The van der Waals surface area contributed by atoms with Gasteiger partial charge in [-0.25, -0.2) is 15.0 Å². The normalized spacial score (nSPS) is 10.3. The van der Waals surface area contributed by atoms with Crippen molar-refractivity contribution in [2.45, 2.75) is 10.8 Å². The average Bonchev–Trinajstić information content (AvgIpc) is 2.28. The molecule has 0 aliphatic heterocycles. The zero-order chi connectivity index (χ0) is 11.4. The zero-order valence-corrected chi connectivity index (χ0v) is 9.87. The Balaban J connectivity index is 2.05. The van der Waals surface area contributed by atoms with Crippen LogP contribution in [0.3, 0.4) is 0 Å². The van der Waals surface area contributed by atoms with Gasteiger partial charge in [-0.2, -0.15) is 0 Å². The second kappa shape index (κ2) is 5.14. The number of nitrogens with two attached hydrogens (primary N) is 1. The summed E-state index contributed by atoms with van der Waals surface area (Å²) in [6.45, 7) is 0. The fraction of sp³-hybridized carbons (Fsp3) is 0.100. The molecule has 0 aliphatic carbocycles. The summed E-state index contributed by atoms with van der Waals surface area (Å²) < 4.78 is 0. The van der Waals surface area contributed by atoms with E-state index in [2.05, 4.69) is 15.0 Å². The Morgan fingerprint density at radius 1 is 1.25 bits per heavy atom. The number of rotatable bonds is 3. The van der Waals surface area contributed by atoms with E-state index in [0.29, 0.717) is 21.7 Å². The molecule has 6 heteroatoms. The zero-order valence-electron chi connectivity index (χ0n) is 8.30. The van der Waals surface area contributed by atoms with Gasteiger partial charge in [0.25, 0.3) is 0 Å². The van der Waals surface area contributed by atoms with Gasteiger partial charge in [0.2, 0.25) is 0 Å². The van der Waals surface area contributed by atoms with Crippen molar-refractivity contribution in [1.29, 1.82) is 0 Å². The molecule has 0 aromatic carbocycles. The summed E-state index contributed by atoms with van der Waals surface area (Å²) in [5, 5.41) is 1.20. The Hall–Kier alpha value is -1.33. The molecule has 82 valence electrons. The number of nitrogen functional groups attached to an aromatic ring is 1. The van der Waals surface area contributed by atoms with Crippen molar-refractivity contribution in [1.82, 2.24) is 15.0 Å². The van der Waals surface area contributed by atoms with Crippen molar-refractivity contribution < 1.29 is 0 Å². The van der Waals surface area contributed by atoms with E-state index in [1.807, 2.05) is 12.1 Å². The van der Waals surface area contributed by atoms with E-state index in [-0.39, 0.29) is 0 Å². The van der Waals surface area contributed by atoms with Gasteiger partial charge in [0, 0.05) is 18.1 Å². The molecule has 16 heavy (non-hydrogen) atoms. The Kier molecular flexibility index (Phi) is 3.58. The second-order valence-electron chi connectivity index (χ2n) is 2.99. The van der Waals surface area contributed by atoms with E-state index < -0.39 is 0 Å². The van der Waals surface area contributed by atoms with Crippen LogP contribution in [-0.2, 0) is 5.75 Å². The molecular formula is C10H9ClN4S. The predicted molar refractivity (Wildman–Crippen MR) is 65.3 cm³/mol. The van der Waals surface area contributed by atoms with Gasteiger partial charge < -0.3 is 5.73 Å². The lowest BCUT2D eigenvalue weighted by atomic mass is 10.4. The number of nitrogens with zero attached hydrogens (tertiary/aromatic N) is 3. The first-order valence-corrected chi connectivity index (χ1v) is 5.93. The van der Waals surface area contributed by atoms with Crippen molar-refractivity contribution in [2.24, 2.45) is 0 Å². The summed E-state index contributed by atoms with van der Waals surface area (Å²) in [4.78, 5) is 12.3. The third-order valence-electron chi connectivity index (χ3n) is 1.82. The maximum Gasteiger partial charge on any atom is 0.156 e. The molecule has 0 amide bonds. The van der Waals surface area contributed by atoms with Gasteiger partial charge in [-0.3, -0.25) is 0 Å². The van der Waals surface area contributed by atoms with E-state index in [1.54, 1.807) is 18.5 Å². The molecule has 0 bridgehead atoms. The predicted octanol–water partition coefficient (Wildman–Crippen LogP) is 2.40. The minimum atomic E-state index is 0.439. The molecular weight excluding hydrogens is 244 g/mol. The molecule has 2 aromatic heterocycles. The quantitative estimate of drug-likeness (QED) is 0.671. The molecule has 0 spiro atoms. The van der Waals surface area contributed by atoms with E-state index in [9.17, 15) is 0 Å².